The van der Waals surface area contributed by atoms with Gasteiger partial charge in [0.05, 0.1) is 0 Å². The van der Waals surface area contributed by atoms with Crippen molar-refractivity contribution in [2.24, 2.45) is 16.3 Å². The molecule has 0 heterocycles. The van der Waals surface area contributed by atoms with Gasteiger partial charge in [-0.1, -0.05) is 77.7 Å². The largest absolute Gasteiger partial charge is 0.372 e. The van der Waals surface area contributed by atoms with E-state index in [4.69, 9.17) is 4.99 Å². The molecule has 0 saturated carbocycles. The number of rotatable bonds is 11. The van der Waals surface area contributed by atoms with E-state index in [1.54, 1.807) is 6.20 Å². The summed E-state index contributed by atoms with van der Waals surface area (Å²) in [5, 5.41) is 3.37. The van der Waals surface area contributed by atoms with E-state index in [0.717, 1.165) is 49.6 Å². The summed E-state index contributed by atoms with van der Waals surface area (Å²) >= 11 is 0. The van der Waals surface area contributed by atoms with E-state index in [1.807, 2.05) is 4.90 Å². The number of hydrogen-bond acceptors (Lipinski definition) is 3. The topological polar surface area (TPSA) is 27.6 Å². The summed E-state index contributed by atoms with van der Waals surface area (Å²) in [4.78, 5) is 7.00. The zero-order valence-corrected chi connectivity index (χ0v) is 21.1. The molecule has 0 spiro atoms. The van der Waals surface area contributed by atoms with Crippen molar-refractivity contribution in [3.63, 3.8) is 0 Å². The maximum atomic E-state index is 5.05. The molecule has 1 aliphatic carbocycles. The Morgan fingerprint density at radius 3 is 2.55 bits per heavy atom. The van der Waals surface area contributed by atoms with Crippen LogP contribution in [0.5, 0.6) is 0 Å². The molecular weight excluding hydrogens is 378 g/mol. The molecule has 0 aromatic heterocycles. The minimum Gasteiger partial charge on any atom is -0.372 e. The minimum absolute atomic E-state index is 0.279. The second-order valence-electron chi connectivity index (χ2n) is 9.42. The number of nitrogens with one attached hydrogen (secondary N) is 1. The van der Waals surface area contributed by atoms with Gasteiger partial charge < -0.3 is 5.32 Å². The second kappa shape index (κ2) is 13.2. The molecule has 172 valence electrons. The lowest BCUT2D eigenvalue weighted by Gasteiger charge is -2.27. The van der Waals surface area contributed by atoms with Crippen LogP contribution in [0.15, 0.2) is 77.5 Å². The molecule has 31 heavy (non-hydrogen) atoms. The molecule has 1 atom stereocenters. The minimum atomic E-state index is 0.279. The van der Waals surface area contributed by atoms with Crippen molar-refractivity contribution in [3.8, 4) is 0 Å². The lowest BCUT2D eigenvalue weighted by Crippen LogP contribution is -2.27. The highest BCUT2D eigenvalue weighted by Crippen LogP contribution is 2.33. The van der Waals surface area contributed by atoms with E-state index in [9.17, 15) is 0 Å². The first-order valence-corrected chi connectivity index (χ1v) is 11.8. The normalized spacial score (nSPS) is 18.4. The summed E-state index contributed by atoms with van der Waals surface area (Å²) < 4.78 is 0. The quantitative estimate of drug-likeness (QED) is 0.270. The van der Waals surface area contributed by atoms with Crippen LogP contribution in [0.2, 0.25) is 0 Å². The molecule has 0 bridgehead atoms. The van der Waals surface area contributed by atoms with Crippen LogP contribution in [0.3, 0.4) is 0 Å². The number of aliphatic imine (C=N–C) groups is 1. The number of hydrogen-bond donors (Lipinski definition) is 1. The van der Waals surface area contributed by atoms with Crippen LogP contribution in [0.4, 0.5) is 0 Å². The number of nitrogens with zero attached hydrogens (tertiary/aromatic N) is 2. The lowest BCUT2D eigenvalue weighted by atomic mass is 9.78. The Balaban J connectivity index is 3.25. The standard InChI is InChI=1S/C28H45N3/c1-10-14-22(4)17-20-27(31(12-3)24(6)29-21-11-2)30-23(5)25-15-13-16-26(19-18-25)28(7,8)9/h12,14-15,18-20,26,29H,3,6,10-11,13,16-17,21H2,1-2,4-5,7-9H3/b22-14+,27-20+,30-23+. The van der Waals surface area contributed by atoms with Gasteiger partial charge in [-0.15, -0.1) is 0 Å². The third-order valence-electron chi connectivity index (χ3n) is 5.62. The van der Waals surface area contributed by atoms with Gasteiger partial charge in [0.15, 0.2) is 0 Å². The molecule has 0 saturated heterocycles. The van der Waals surface area contributed by atoms with E-state index >= 15 is 0 Å². The molecular formula is C28H45N3. The van der Waals surface area contributed by atoms with E-state index in [2.05, 4.69) is 97.3 Å². The molecule has 3 heteroatoms. The maximum absolute atomic E-state index is 5.05. The zero-order valence-electron chi connectivity index (χ0n) is 21.1. The van der Waals surface area contributed by atoms with Crippen molar-refractivity contribution in [3.05, 3.63) is 72.5 Å². The molecule has 0 radical (unpaired) electrons. The SMILES string of the molecule is C=CN(C(=C)NCCC)C(=C/C/C(C)=C/CC)/N=C(\C)C1=CCCC(C(C)(C)C)C=C1. The van der Waals surface area contributed by atoms with Crippen LogP contribution in [0.1, 0.15) is 80.6 Å². The van der Waals surface area contributed by atoms with Gasteiger partial charge in [-0.2, -0.15) is 0 Å². The zero-order chi connectivity index (χ0) is 23.4. The maximum Gasteiger partial charge on any atom is 0.134 e. The third-order valence-corrected chi connectivity index (χ3v) is 5.62. The van der Waals surface area contributed by atoms with Crippen LogP contribution in [0.25, 0.3) is 0 Å². The van der Waals surface area contributed by atoms with Gasteiger partial charge in [-0.05, 0) is 68.9 Å². The molecule has 1 rings (SSSR count). The second-order valence-corrected chi connectivity index (χ2v) is 9.42. The molecule has 0 aromatic rings. The van der Waals surface area contributed by atoms with Crippen molar-refractivity contribution >= 4 is 5.71 Å². The summed E-state index contributed by atoms with van der Waals surface area (Å²) in [6, 6.07) is 0. The van der Waals surface area contributed by atoms with Gasteiger partial charge in [-0.25, -0.2) is 4.99 Å². The Labute approximate surface area is 192 Å². The van der Waals surface area contributed by atoms with Gasteiger partial charge in [0, 0.05) is 18.5 Å². The van der Waals surface area contributed by atoms with Crippen LogP contribution in [-0.4, -0.2) is 17.2 Å². The number of allylic oxidation sites excluding steroid dienone is 7. The first-order valence-electron chi connectivity index (χ1n) is 11.8. The highest BCUT2D eigenvalue weighted by Gasteiger charge is 2.22. The van der Waals surface area contributed by atoms with Gasteiger partial charge in [0.2, 0.25) is 0 Å². The van der Waals surface area contributed by atoms with E-state index in [1.165, 1.54) is 17.6 Å². The predicted octanol–water partition coefficient (Wildman–Crippen LogP) is 7.89. The van der Waals surface area contributed by atoms with E-state index < -0.39 is 0 Å². The summed E-state index contributed by atoms with van der Waals surface area (Å²) in [6.07, 6.45) is 18.3. The van der Waals surface area contributed by atoms with Crippen molar-refractivity contribution in [1.29, 1.82) is 0 Å². The average Bonchev–Trinajstić information content (AvgIpc) is 2.97. The van der Waals surface area contributed by atoms with Crippen LogP contribution in [-0.2, 0) is 0 Å². The molecule has 0 aromatic carbocycles. The van der Waals surface area contributed by atoms with E-state index in [0.29, 0.717) is 5.92 Å². The first kappa shape index (κ1) is 26.7. The van der Waals surface area contributed by atoms with Crippen molar-refractivity contribution < 1.29 is 0 Å². The van der Waals surface area contributed by atoms with Crippen molar-refractivity contribution in [2.45, 2.75) is 80.6 Å². The molecule has 0 amide bonds. The Bertz CT molecular complexity index is 754. The highest BCUT2D eigenvalue weighted by molar-refractivity contribution is 6.01. The monoisotopic (exact) mass is 423 g/mol. The van der Waals surface area contributed by atoms with Crippen molar-refractivity contribution in [1.82, 2.24) is 10.2 Å². The Hall–Kier alpha value is -2.29. The van der Waals surface area contributed by atoms with Gasteiger partial charge in [0.25, 0.3) is 0 Å². The van der Waals surface area contributed by atoms with Gasteiger partial charge >= 0.3 is 0 Å². The van der Waals surface area contributed by atoms with Gasteiger partial charge in [-0.3, -0.25) is 4.90 Å². The molecule has 1 unspecified atom stereocenters. The van der Waals surface area contributed by atoms with Crippen LogP contribution < -0.4 is 5.32 Å². The first-order chi connectivity index (χ1) is 14.6. The summed E-state index contributed by atoms with van der Waals surface area (Å²) in [7, 11) is 0. The fourth-order valence-corrected chi connectivity index (χ4v) is 3.61. The fourth-order valence-electron chi connectivity index (χ4n) is 3.61. The predicted molar refractivity (Wildman–Crippen MR) is 139 cm³/mol. The van der Waals surface area contributed by atoms with Crippen LogP contribution in [0, 0.1) is 11.3 Å². The molecule has 0 fully saturated rings. The Morgan fingerprint density at radius 2 is 1.97 bits per heavy atom. The van der Waals surface area contributed by atoms with E-state index in [-0.39, 0.29) is 5.41 Å². The highest BCUT2D eigenvalue weighted by atomic mass is 15.3. The third kappa shape index (κ3) is 9.16. The fraction of sp³-hybridized carbons (Fsp3) is 0.536. The summed E-state index contributed by atoms with van der Waals surface area (Å²) in [6.45, 7) is 24.6. The van der Waals surface area contributed by atoms with Crippen molar-refractivity contribution in [2.75, 3.05) is 6.54 Å². The van der Waals surface area contributed by atoms with Gasteiger partial charge in [0.1, 0.15) is 11.6 Å². The smallest absolute Gasteiger partial charge is 0.134 e. The Morgan fingerprint density at radius 1 is 1.26 bits per heavy atom. The molecule has 3 nitrogen and oxygen atoms in total. The Kier molecular flexibility index (Phi) is 11.4. The molecule has 0 aliphatic heterocycles. The lowest BCUT2D eigenvalue weighted by molar-refractivity contribution is 0.280. The van der Waals surface area contributed by atoms with Crippen LogP contribution >= 0.6 is 0 Å². The summed E-state index contributed by atoms with van der Waals surface area (Å²) in [5.74, 6) is 2.24. The molecule has 1 N–H and O–H groups in total. The summed E-state index contributed by atoms with van der Waals surface area (Å²) in [5.41, 5.74) is 3.84. The average molecular weight is 424 g/mol. The molecule has 1 aliphatic rings.